The van der Waals surface area contributed by atoms with Crippen LogP contribution in [-0.2, 0) is 21.2 Å². The predicted molar refractivity (Wildman–Crippen MR) is 111 cm³/mol. The molecule has 2 aromatic rings. The highest BCUT2D eigenvalue weighted by Crippen LogP contribution is 2.22. The normalized spacial score (nSPS) is 17.1. The maximum absolute atomic E-state index is 13.8. The SMILES string of the molecule is C[C@@H](NC(=O)C1CCN(Cc2ccccc2F)CC1)c1ccc(S(C)(=O)=O)cc1. The number of hydrogen-bond donors (Lipinski definition) is 1. The average molecular weight is 419 g/mol. The highest BCUT2D eigenvalue weighted by atomic mass is 32.2. The average Bonchev–Trinajstić information content (AvgIpc) is 2.69. The number of benzene rings is 2. The van der Waals surface area contributed by atoms with Crippen molar-refractivity contribution in [2.45, 2.75) is 37.2 Å². The molecule has 1 atom stereocenters. The monoisotopic (exact) mass is 418 g/mol. The topological polar surface area (TPSA) is 66.5 Å². The number of sulfone groups is 1. The molecule has 5 nitrogen and oxygen atoms in total. The van der Waals surface area contributed by atoms with E-state index in [2.05, 4.69) is 10.2 Å². The molecule has 0 bridgehead atoms. The van der Waals surface area contributed by atoms with E-state index in [9.17, 15) is 17.6 Å². The molecule has 2 aromatic carbocycles. The Hall–Kier alpha value is -2.25. The summed E-state index contributed by atoms with van der Waals surface area (Å²) in [5.74, 6) is -0.247. The summed E-state index contributed by atoms with van der Waals surface area (Å²) in [4.78, 5) is 15.1. The molecule has 7 heteroatoms. The summed E-state index contributed by atoms with van der Waals surface area (Å²) in [7, 11) is -3.23. The van der Waals surface area contributed by atoms with Gasteiger partial charge in [-0.25, -0.2) is 12.8 Å². The standard InChI is InChI=1S/C22H27FN2O3S/c1-16(17-7-9-20(10-8-17)29(2,27)28)24-22(26)18-11-13-25(14-12-18)15-19-5-3-4-6-21(19)23/h3-10,16,18H,11-15H2,1-2H3,(H,24,26)/t16-/m1/s1. The van der Waals surface area contributed by atoms with Gasteiger partial charge in [0.25, 0.3) is 0 Å². The summed E-state index contributed by atoms with van der Waals surface area (Å²) in [6, 6.07) is 13.2. The molecule has 0 unspecified atom stereocenters. The lowest BCUT2D eigenvalue weighted by atomic mass is 9.95. The Bertz CT molecular complexity index is 952. The molecule has 1 aliphatic heterocycles. The quantitative estimate of drug-likeness (QED) is 0.782. The van der Waals surface area contributed by atoms with Crippen LogP contribution < -0.4 is 5.32 Å². The van der Waals surface area contributed by atoms with E-state index < -0.39 is 9.84 Å². The third kappa shape index (κ3) is 5.64. The molecule has 1 aliphatic rings. The zero-order valence-electron chi connectivity index (χ0n) is 16.8. The lowest BCUT2D eigenvalue weighted by molar-refractivity contribution is -0.127. The van der Waals surface area contributed by atoms with Crippen molar-refractivity contribution in [3.05, 3.63) is 65.5 Å². The second kappa shape index (κ2) is 9.05. The number of rotatable bonds is 6. The molecule has 29 heavy (non-hydrogen) atoms. The van der Waals surface area contributed by atoms with Gasteiger partial charge >= 0.3 is 0 Å². The maximum atomic E-state index is 13.8. The van der Waals surface area contributed by atoms with Crippen molar-refractivity contribution in [1.29, 1.82) is 0 Å². The second-order valence-corrected chi connectivity index (χ2v) is 9.73. The number of nitrogens with zero attached hydrogens (tertiary/aromatic N) is 1. The number of hydrogen-bond acceptors (Lipinski definition) is 4. The van der Waals surface area contributed by atoms with E-state index in [0.717, 1.165) is 31.5 Å². The van der Waals surface area contributed by atoms with Crippen LogP contribution in [0.2, 0.25) is 0 Å². The van der Waals surface area contributed by atoms with Gasteiger partial charge in [0.2, 0.25) is 5.91 Å². The molecule has 1 heterocycles. The number of halogens is 1. The minimum Gasteiger partial charge on any atom is -0.349 e. The van der Waals surface area contributed by atoms with Gasteiger partial charge in [0.15, 0.2) is 9.84 Å². The fourth-order valence-corrected chi connectivity index (χ4v) is 4.27. The molecular weight excluding hydrogens is 391 g/mol. The maximum Gasteiger partial charge on any atom is 0.223 e. The van der Waals surface area contributed by atoms with Gasteiger partial charge in [-0.2, -0.15) is 0 Å². The number of amides is 1. The van der Waals surface area contributed by atoms with Crippen molar-refractivity contribution in [3.8, 4) is 0 Å². The zero-order chi connectivity index (χ0) is 21.0. The van der Waals surface area contributed by atoms with Crippen LogP contribution in [0.3, 0.4) is 0 Å². The van der Waals surface area contributed by atoms with Gasteiger partial charge in [-0.1, -0.05) is 30.3 Å². The van der Waals surface area contributed by atoms with Crippen molar-refractivity contribution in [1.82, 2.24) is 10.2 Å². The van der Waals surface area contributed by atoms with Crippen LogP contribution in [0.1, 0.15) is 36.9 Å². The molecule has 0 radical (unpaired) electrons. The summed E-state index contributed by atoms with van der Waals surface area (Å²) in [5.41, 5.74) is 1.55. The highest BCUT2D eigenvalue weighted by Gasteiger charge is 2.26. The summed E-state index contributed by atoms with van der Waals surface area (Å²) in [6.07, 6.45) is 2.64. The molecule has 0 aromatic heterocycles. The van der Waals surface area contributed by atoms with E-state index in [1.807, 2.05) is 13.0 Å². The van der Waals surface area contributed by atoms with E-state index in [0.29, 0.717) is 12.1 Å². The molecule has 3 rings (SSSR count). The molecule has 1 N–H and O–H groups in total. The van der Waals surface area contributed by atoms with Gasteiger partial charge in [0.05, 0.1) is 10.9 Å². The largest absolute Gasteiger partial charge is 0.349 e. The van der Waals surface area contributed by atoms with Gasteiger partial charge in [0, 0.05) is 24.3 Å². The van der Waals surface area contributed by atoms with Crippen molar-refractivity contribution in [3.63, 3.8) is 0 Å². The minimum atomic E-state index is -3.23. The van der Waals surface area contributed by atoms with Crippen molar-refractivity contribution in [2.24, 2.45) is 5.92 Å². The van der Waals surface area contributed by atoms with E-state index in [4.69, 9.17) is 0 Å². The van der Waals surface area contributed by atoms with Crippen LogP contribution >= 0.6 is 0 Å². The zero-order valence-corrected chi connectivity index (χ0v) is 17.6. The predicted octanol–water partition coefficient (Wildman–Crippen LogP) is 3.32. The first kappa shape index (κ1) is 21.5. The minimum absolute atomic E-state index is 0.00947. The summed E-state index contributed by atoms with van der Waals surface area (Å²) in [5, 5.41) is 3.03. The number of piperidine rings is 1. The number of carbonyl (C=O) groups excluding carboxylic acids is 1. The van der Waals surface area contributed by atoms with Crippen molar-refractivity contribution < 1.29 is 17.6 Å². The van der Waals surface area contributed by atoms with Crippen molar-refractivity contribution >= 4 is 15.7 Å². The molecule has 1 saturated heterocycles. The highest BCUT2D eigenvalue weighted by molar-refractivity contribution is 7.90. The van der Waals surface area contributed by atoms with Crippen LogP contribution in [0.15, 0.2) is 53.4 Å². The van der Waals surface area contributed by atoms with Crippen molar-refractivity contribution in [2.75, 3.05) is 19.3 Å². The summed E-state index contributed by atoms with van der Waals surface area (Å²) in [6.45, 7) is 3.96. The van der Waals surface area contributed by atoms with Gasteiger partial charge in [-0.15, -0.1) is 0 Å². The van der Waals surface area contributed by atoms with Crippen LogP contribution in [0, 0.1) is 11.7 Å². The Morgan fingerprint density at radius 2 is 1.76 bits per heavy atom. The van der Waals surface area contributed by atoms with Gasteiger partial charge in [-0.05, 0) is 56.6 Å². The first-order chi connectivity index (χ1) is 13.7. The fourth-order valence-electron chi connectivity index (χ4n) is 3.64. The Labute approximate surface area is 171 Å². The summed E-state index contributed by atoms with van der Waals surface area (Å²) < 4.78 is 36.9. The number of carbonyl (C=O) groups is 1. The Morgan fingerprint density at radius 3 is 2.34 bits per heavy atom. The van der Waals surface area contributed by atoms with E-state index in [1.165, 1.54) is 12.3 Å². The number of likely N-dealkylation sites (tertiary alicyclic amines) is 1. The third-order valence-corrected chi connectivity index (χ3v) is 6.61. The molecule has 0 aliphatic carbocycles. The van der Waals surface area contributed by atoms with E-state index in [-0.39, 0.29) is 28.6 Å². The molecule has 1 fully saturated rings. The third-order valence-electron chi connectivity index (χ3n) is 5.48. The van der Waals surface area contributed by atoms with Crippen LogP contribution in [-0.4, -0.2) is 38.6 Å². The van der Waals surface area contributed by atoms with Crippen LogP contribution in [0.5, 0.6) is 0 Å². The molecular formula is C22H27FN2O3S. The molecule has 0 spiro atoms. The first-order valence-corrected chi connectivity index (χ1v) is 11.7. The Kier molecular flexibility index (Phi) is 6.70. The van der Waals surface area contributed by atoms with E-state index in [1.54, 1.807) is 36.4 Å². The van der Waals surface area contributed by atoms with E-state index >= 15 is 0 Å². The second-order valence-electron chi connectivity index (χ2n) is 7.71. The Balaban J connectivity index is 1.51. The Morgan fingerprint density at radius 1 is 1.14 bits per heavy atom. The van der Waals surface area contributed by atoms with Crippen LogP contribution in [0.25, 0.3) is 0 Å². The van der Waals surface area contributed by atoms with Gasteiger partial charge in [-0.3, -0.25) is 9.69 Å². The van der Waals surface area contributed by atoms with Gasteiger partial charge in [0.1, 0.15) is 5.82 Å². The smallest absolute Gasteiger partial charge is 0.223 e. The molecule has 1 amide bonds. The first-order valence-electron chi connectivity index (χ1n) is 9.80. The van der Waals surface area contributed by atoms with Crippen LogP contribution in [0.4, 0.5) is 4.39 Å². The van der Waals surface area contributed by atoms with Gasteiger partial charge < -0.3 is 5.32 Å². The number of nitrogens with one attached hydrogen (secondary N) is 1. The molecule has 0 saturated carbocycles. The lowest BCUT2D eigenvalue weighted by Crippen LogP contribution is -2.41. The molecule has 156 valence electrons. The lowest BCUT2D eigenvalue weighted by Gasteiger charge is -2.32. The summed E-state index contributed by atoms with van der Waals surface area (Å²) >= 11 is 0. The fraction of sp³-hybridized carbons (Fsp3) is 0.409.